The minimum atomic E-state index is -0.515. The van der Waals surface area contributed by atoms with Crippen LogP contribution in [0.3, 0.4) is 0 Å². The lowest BCUT2D eigenvalue weighted by molar-refractivity contribution is 0.454. The molecule has 4 aromatic heterocycles. The number of H-pyrrole nitrogens is 2. The SMILES string of the molecule is O=c1[nH]c(O)c(C=c2cnn3c(=NC4CC4)cc(Nc4ncc(Cl)cc4Cl)nc23)[nH]1. The quantitative estimate of drug-likeness (QED) is 0.376. The van der Waals surface area contributed by atoms with Gasteiger partial charge in [0.05, 0.1) is 22.3 Å². The number of hydrogen-bond donors (Lipinski definition) is 4. The Balaban J connectivity index is 1.68. The Kier molecular flexibility index (Phi) is 4.44. The first-order valence-electron chi connectivity index (χ1n) is 9.00. The maximum absolute atomic E-state index is 11.4. The summed E-state index contributed by atoms with van der Waals surface area (Å²) in [7, 11) is 0. The van der Waals surface area contributed by atoms with E-state index in [2.05, 4.69) is 30.4 Å². The Labute approximate surface area is 177 Å². The summed E-state index contributed by atoms with van der Waals surface area (Å²) in [5.74, 6) is 0.585. The van der Waals surface area contributed by atoms with E-state index in [1.54, 1.807) is 28.9 Å². The third kappa shape index (κ3) is 3.62. The van der Waals surface area contributed by atoms with Gasteiger partial charge in [-0.1, -0.05) is 23.2 Å². The molecule has 1 saturated carbocycles. The number of fused-ring (bicyclic) bond motifs is 1. The van der Waals surface area contributed by atoms with E-state index in [-0.39, 0.29) is 17.6 Å². The molecule has 152 valence electrons. The maximum Gasteiger partial charge on any atom is 0.326 e. The lowest BCUT2D eigenvalue weighted by Crippen LogP contribution is -2.20. The second-order valence-electron chi connectivity index (χ2n) is 6.79. The van der Waals surface area contributed by atoms with Crippen molar-refractivity contribution >= 4 is 46.6 Å². The van der Waals surface area contributed by atoms with Crippen molar-refractivity contribution in [2.24, 2.45) is 4.99 Å². The van der Waals surface area contributed by atoms with E-state index < -0.39 is 5.69 Å². The first kappa shape index (κ1) is 18.6. The van der Waals surface area contributed by atoms with Gasteiger partial charge in [-0.25, -0.2) is 14.8 Å². The van der Waals surface area contributed by atoms with Crippen molar-refractivity contribution in [3.8, 4) is 5.88 Å². The predicted molar refractivity (Wildman–Crippen MR) is 111 cm³/mol. The number of aromatic nitrogens is 6. The van der Waals surface area contributed by atoms with Crippen LogP contribution in [0.4, 0.5) is 11.6 Å². The van der Waals surface area contributed by atoms with Crippen LogP contribution in [0.25, 0.3) is 11.7 Å². The van der Waals surface area contributed by atoms with Crippen LogP contribution in [-0.4, -0.2) is 40.7 Å². The second kappa shape index (κ2) is 7.15. The number of pyridine rings is 1. The van der Waals surface area contributed by atoms with Crippen LogP contribution in [0.1, 0.15) is 18.5 Å². The molecule has 1 fully saturated rings. The molecular formula is C18H14Cl2N8O2. The largest absolute Gasteiger partial charge is 0.493 e. The number of rotatable bonds is 4. The Morgan fingerprint density at radius 2 is 2.10 bits per heavy atom. The van der Waals surface area contributed by atoms with Gasteiger partial charge >= 0.3 is 5.69 Å². The Morgan fingerprint density at radius 3 is 2.80 bits per heavy atom. The number of nitrogens with one attached hydrogen (secondary N) is 3. The van der Waals surface area contributed by atoms with Gasteiger partial charge in [0.25, 0.3) is 0 Å². The summed E-state index contributed by atoms with van der Waals surface area (Å²) in [4.78, 5) is 29.7. The highest BCUT2D eigenvalue weighted by atomic mass is 35.5. The molecule has 0 bridgehead atoms. The zero-order valence-electron chi connectivity index (χ0n) is 15.2. The molecule has 0 amide bonds. The highest BCUT2D eigenvalue weighted by molar-refractivity contribution is 6.36. The van der Waals surface area contributed by atoms with E-state index in [0.29, 0.717) is 38.0 Å². The molecular weight excluding hydrogens is 431 g/mol. The lowest BCUT2D eigenvalue weighted by atomic mass is 10.3. The fourth-order valence-corrected chi connectivity index (χ4v) is 3.32. The van der Waals surface area contributed by atoms with Gasteiger partial charge in [0.1, 0.15) is 17.3 Å². The van der Waals surface area contributed by atoms with Crippen LogP contribution in [0.2, 0.25) is 10.0 Å². The third-order valence-electron chi connectivity index (χ3n) is 4.43. The van der Waals surface area contributed by atoms with Crippen LogP contribution in [-0.2, 0) is 0 Å². The van der Waals surface area contributed by atoms with E-state index in [4.69, 9.17) is 28.2 Å². The number of nitrogens with zero attached hydrogens (tertiary/aromatic N) is 5. The van der Waals surface area contributed by atoms with Gasteiger partial charge in [0.2, 0.25) is 5.88 Å². The van der Waals surface area contributed by atoms with Crippen molar-refractivity contribution in [2.45, 2.75) is 18.9 Å². The minimum absolute atomic E-state index is 0.221. The van der Waals surface area contributed by atoms with Gasteiger partial charge in [-0.2, -0.15) is 9.61 Å². The van der Waals surface area contributed by atoms with Crippen LogP contribution in [0.15, 0.2) is 34.3 Å². The summed E-state index contributed by atoms with van der Waals surface area (Å²) in [6.45, 7) is 0. The molecule has 10 nitrogen and oxygen atoms in total. The molecule has 0 radical (unpaired) electrons. The molecule has 4 aromatic rings. The average molecular weight is 445 g/mol. The van der Waals surface area contributed by atoms with Crippen molar-refractivity contribution < 1.29 is 5.11 Å². The minimum Gasteiger partial charge on any atom is -0.493 e. The van der Waals surface area contributed by atoms with Crippen molar-refractivity contribution in [1.29, 1.82) is 0 Å². The van der Waals surface area contributed by atoms with Gasteiger partial charge in [-0.15, -0.1) is 0 Å². The second-order valence-corrected chi connectivity index (χ2v) is 7.63. The molecule has 4 N–H and O–H groups in total. The van der Waals surface area contributed by atoms with Crippen LogP contribution in [0.5, 0.6) is 5.88 Å². The third-order valence-corrected chi connectivity index (χ3v) is 4.93. The highest BCUT2D eigenvalue weighted by Crippen LogP contribution is 2.25. The normalized spacial score (nSPS) is 15.3. The molecule has 0 atom stereocenters. The Morgan fingerprint density at radius 1 is 1.27 bits per heavy atom. The number of halogens is 2. The number of aromatic amines is 2. The van der Waals surface area contributed by atoms with E-state index >= 15 is 0 Å². The summed E-state index contributed by atoms with van der Waals surface area (Å²) in [6, 6.07) is 3.59. The van der Waals surface area contributed by atoms with E-state index in [0.717, 1.165) is 12.8 Å². The van der Waals surface area contributed by atoms with Crippen LogP contribution < -0.4 is 21.7 Å². The molecule has 0 aromatic carbocycles. The van der Waals surface area contributed by atoms with Crippen molar-refractivity contribution in [2.75, 3.05) is 5.32 Å². The topological polar surface area (TPSA) is 136 Å². The standard InChI is InChI=1S/C18H14Cl2N8O2/c19-9-4-11(20)15(21-7-9)25-13-5-14(23-10-1-2-10)28-16(26-13)8(6-22-28)3-12-17(29)27-18(30)24-12/h3-7,10,29H,1-2H2,(H,21,25)(H2,24,27,30). The molecule has 0 aliphatic heterocycles. The molecule has 0 spiro atoms. The van der Waals surface area contributed by atoms with Crippen molar-refractivity contribution in [3.05, 3.63) is 61.5 Å². The smallest absolute Gasteiger partial charge is 0.326 e. The fourth-order valence-electron chi connectivity index (χ4n) is 2.89. The highest BCUT2D eigenvalue weighted by Gasteiger charge is 2.20. The number of hydrogen-bond acceptors (Lipinski definition) is 7. The zero-order valence-corrected chi connectivity index (χ0v) is 16.7. The van der Waals surface area contributed by atoms with E-state index in [1.807, 2.05) is 0 Å². The van der Waals surface area contributed by atoms with E-state index in [9.17, 15) is 9.90 Å². The Hall–Kier alpha value is -3.37. The lowest BCUT2D eigenvalue weighted by Gasteiger charge is -2.07. The first-order valence-corrected chi connectivity index (χ1v) is 9.75. The maximum atomic E-state index is 11.4. The first-order chi connectivity index (χ1) is 14.5. The molecule has 0 saturated heterocycles. The number of imidazole rings is 1. The van der Waals surface area contributed by atoms with Gasteiger partial charge in [0.15, 0.2) is 11.1 Å². The summed E-state index contributed by atoms with van der Waals surface area (Å²) in [5, 5.41) is 18.7. The van der Waals surface area contributed by atoms with Gasteiger partial charge < -0.3 is 15.4 Å². The molecule has 12 heteroatoms. The molecule has 1 aliphatic rings. The van der Waals surface area contributed by atoms with Crippen molar-refractivity contribution in [1.82, 2.24) is 29.5 Å². The number of anilines is 2. The molecule has 4 heterocycles. The molecule has 0 unspecified atom stereocenters. The van der Waals surface area contributed by atoms with Gasteiger partial charge in [-0.3, -0.25) is 9.98 Å². The Bertz CT molecular complexity index is 1450. The summed E-state index contributed by atoms with van der Waals surface area (Å²) in [5.41, 5.74) is 0.795. The van der Waals surface area contributed by atoms with Gasteiger partial charge in [-0.05, 0) is 25.0 Å². The molecule has 30 heavy (non-hydrogen) atoms. The van der Waals surface area contributed by atoms with E-state index in [1.165, 1.54) is 6.20 Å². The average Bonchev–Trinajstić information content (AvgIpc) is 3.33. The van der Waals surface area contributed by atoms with Gasteiger partial charge in [0, 0.05) is 17.5 Å². The zero-order chi connectivity index (χ0) is 20.8. The molecule has 5 rings (SSSR count). The van der Waals surface area contributed by atoms with Crippen molar-refractivity contribution in [3.63, 3.8) is 0 Å². The molecule has 1 aliphatic carbocycles. The monoisotopic (exact) mass is 444 g/mol. The van der Waals surface area contributed by atoms with Crippen LogP contribution >= 0.6 is 23.2 Å². The summed E-state index contributed by atoms with van der Waals surface area (Å²) in [6.07, 6.45) is 6.68. The summed E-state index contributed by atoms with van der Waals surface area (Å²) < 4.78 is 1.61. The van der Waals surface area contributed by atoms with Crippen LogP contribution in [0, 0.1) is 0 Å². The predicted octanol–water partition coefficient (Wildman–Crippen LogP) is 1.51. The number of aromatic hydroxyl groups is 1. The summed E-state index contributed by atoms with van der Waals surface area (Å²) >= 11 is 12.1. The fraction of sp³-hybridized carbons (Fsp3) is 0.167.